The highest BCUT2D eigenvalue weighted by atomic mass is 16.4. The van der Waals surface area contributed by atoms with Crippen molar-refractivity contribution in [1.29, 1.82) is 0 Å². The number of hydrogen-bond acceptors (Lipinski definition) is 3. The number of aromatic nitrogens is 3. The summed E-state index contributed by atoms with van der Waals surface area (Å²) in [5.74, 6) is 0.0107. The van der Waals surface area contributed by atoms with Crippen LogP contribution in [-0.4, -0.2) is 32.6 Å². The Bertz CT molecular complexity index is 475. The monoisotopic (exact) mass is 234 g/mol. The molecule has 6 nitrogen and oxygen atoms in total. The molecule has 0 bridgehead atoms. The molecule has 0 spiro atoms. The van der Waals surface area contributed by atoms with Crippen LogP contribution in [0.15, 0.2) is 24.7 Å². The fourth-order valence-corrected chi connectivity index (χ4v) is 1.61. The topological polar surface area (TPSA) is 93.8 Å². The first-order chi connectivity index (χ1) is 8.27. The molecule has 0 fully saturated rings. The standard InChI is InChI=1S/C11H14N4O2/c16-11(17)8-1-4-13-9(8)7-12-3-2-10-14-5-6-15-10/h1,4-6,12-13H,2-3,7H2,(H,14,15)(H,16,17). The van der Waals surface area contributed by atoms with Crippen LogP contribution in [0.25, 0.3) is 0 Å². The third-order valence-electron chi connectivity index (χ3n) is 2.46. The Morgan fingerprint density at radius 2 is 2.29 bits per heavy atom. The molecule has 4 N–H and O–H groups in total. The zero-order valence-corrected chi connectivity index (χ0v) is 9.23. The Morgan fingerprint density at radius 1 is 1.41 bits per heavy atom. The molecule has 0 atom stereocenters. The molecular formula is C11H14N4O2. The maximum atomic E-state index is 10.8. The van der Waals surface area contributed by atoms with E-state index in [1.807, 2.05) is 0 Å². The Morgan fingerprint density at radius 3 is 3.00 bits per heavy atom. The minimum atomic E-state index is -0.908. The minimum Gasteiger partial charge on any atom is -0.478 e. The number of rotatable bonds is 6. The van der Waals surface area contributed by atoms with Gasteiger partial charge in [-0.2, -0.15) is 0 Å². The normalized spacial score (nSPS) is 10.6. The van der Waals surface area contributed by atoms with Gasteiger partial charge in [-0.3, -0.25) is 0 Å². The van der Waals surface area contributed by atoms with Crippen molar-refractivity contribution in [2.75, 3.05) is 6.54 Å². The fraction of sp³-hybridized carbons (Fsp3) is 0.273. The molecule has 90 valence electrons. The van der Waals surface area contributed by atoms with Crippen LogP contribution in [-0.2, 0) is 13.0 Å². The second-order valence-corrected chi connectivity index (χ2v) is 3.64. The third kappa shape index (κ3) is 2.94. The number of nitrogens with one attached hydrogen (secondary N) is 3. The van der Waals surface area contributed by atoms with Crippen molar-refractivity contribution >= 4 is 5.97 Å². The van der Waals surface area contributed by atoms with E-state index in [0.717, 1.165) is 18.8 Å². The van der Waals surface area contributed by atoms with E-state index in [2.05, 4.69) is 20.3 Å². The summed E-state index contributed by atoms with van der Waals surface area (Å²) in [6, 6.07) is 1.56. The van der Waals surface area contributed by atoms with Gasteiger partial charge < -0.3 is 20.4 Å². The summed E-state index contributed by atoms with van der Waals surface area (Å²) >= 11 is 0. The molecular weight excluding hydrogens is 220 g/mol. The van der Waals surface area contributed by atoms with Gasteiger partial charge in [0.25, 0.3) is 0 Å². The number of aromatic amines is 2. The van der Waals surface area contributed by atoms with Crippen molar-refractivity contribution in [3.05, 3.63) is 41.7 Å². The Kier molecular flexibility index (Phi) is 3.56. The van der Waals surface area contributed by atoms with E-state index in [4.69, 9.17) is 5.11 Å². The van der Waals surface area contributed by atoms with Gasteiger partial charge in [-0.1, -0.05) is 0 Å². The first kappa shape index (κ1) is 11.4. The van der Waals surface area contributed by atoms with Crippen molar-refractivity contribution < 1.29 is 9.90 Å². The Labute approximate surface area is 98.1 Å². The van der Waals surface area contributed by atoms with Crippen LogP contribution in [0.5, 0.6) is 0 Å². The van der Waals surface area contributed by atoms with Crippen LogP contribution in [0, 0.1) is 0 Å². The summed E-state index contributed by atoms with van der Waals surface area (Å²) < 4.78 is 0. The molecule has 0 aliphatic carbocycles. The molecule has 6 heteroatoms. The first-order valence-electron chi connectivity index (χ1n) is 5.36. The summed E-state index contributed by atoms with van der Waals surface area (Å²) in [4.78, 5) is 20.9. The van der Waals surface area contributed by atoms with E-state index < -0.39 is 5.97 Å². The zero-order chi connectivity index (χ0) is 12.1. The van der Waals surface area contributed by atoms with Crippen molar-refractivity contribution in [1.82, 2.24) is 20.3 Å². The number of carboxylic acids is 1. The molecule has 0 saturated carbocycles. The summed E-state index contributed by atoms with van der Waals surface area (Å²) in [6.07, 6.45) is 5.91. The lowest BCUT2D eigenvalue weighted by molar-refractivity contribution is 0.0695. The molecule has 2 rings (SSSR count). The predicted molar refractivity (Wildman–Crippen MR) is 61.8 cm³/mol. The van der Waals surface area contributed by atoms with Gasteiger partial charge in [0, 0.05) is 43.8 Å². The lowest BCUT2D eigenvalue weighted by atomic mass is 10.2. The van der Waals surface area contributed by atoms with E-state index in [1.54, 1.807) is 24.7 Å². The molecule has 0 aromatic carbocycles. The van der Waals surface area contributed by atoms with Gasteiger partial charge in [0.05, 0.1) is 5.56 Å². The van der Waals surface area contributed by atoms with Crippen LogP contribution >= 0.6 is 0 Å². The lowest BCUT2D eigenvalue weighted by Crippen LogP contribution is -2.18. The number of aromatic carboxylic acids is 1. The summed E-state index contributed by atoms with van der Waals surface area (Å²) in [5, 5.41) is 12.1. The molecule has 0 saturated heterocycles. The van der Waals surface area contributed by atoms with Crippen LogP contribution < -0.4 is 5.32 Å². The quantitative estimate of drug-likeness (QED) is 0.555. The maximum Gasteiger partial charge on any atom is 0.337 e. The van der Waals surface area contributed by atoms with E-state index in [1.165, 1.54) is 0 Å². The van der Waals surface area contributed by atoms with Crippen molar-refractivity contribution in [3.63, 3.8) is 0 Å². The van der Waals surface area contributed by atoms with Crippen molar-refractivity contribution in [2.45, 2.75) is 13.0 Å². The molecule has 0 aliphatic rings. The zero-order valence-electron chi connectivity index (χ0n) is 9.23. The number of carboxylic acid groups (broad SMARTS) is 1. The highest BCUT2D eigenvalue weighted by Gasteiger charge is 2.09. The molecule has 2 heterocycles. The van der Waals surface area contributed by atoms with E-state index in [9.17, 15) is 4.79 Å². The number of imidazole rings is 1. The van der Waals surface area contributed by atoms with E-state index in [0.29, 0.717) is 17.8 Å². The first-order valence-corrected chi connectivity index (χ1v) is 5.36. The SMILES string of the molecule is O=C(O)c1cc[nH]c1CNCCc1ncc[nH]1. The average Bonchev–Trinajstić information content (AvgIpc) is 2.95. The fourth-order valence-electron chi connectivity index (χ4n) is 1.61. The number of carbonyl (C=O) groups is 1. The van der Waals surface area contributed by atoms with E-state index in [-0.39, 0.29) is 0 Å². The molecule has 0 amide bonds. The summed E-state index contributed by atoms with van der Waals surface area (Å²) in [6.45, 7) is 1.25. The van der Waals surface area contributed by atoms with Gasteiger partial charge in [-0.15, -0.1) is 0 Å². The summed E-state index contributed by atoms with van der Waals surface area (Å²) in [5.41, 5.74) is 1.01. The molecule has 0 aliphatic heterocycles. The smallest absolute Gasteiger partial charge is 0.337 e. The van der Waals surface area contributed by atoms with Crippen LogP contribution in [0.4, 0.5) is 0 Å². The predicted octanol–water partition coefficient (Wildman–Crippen LogP) is 0.768. The number of H-pyrrole nitrogens is 2. The van der Waals surface area contributed by atoms with Gasteiger partial charge in [0.15, 0.2) is 0 Å². The largest absolute Gasteiger partial charge is 0.478 e. The lowest BCUT2D eigenvalue weighted by Gasteiger charge is -2.03. The minimum absolute atomic E-state index is 0.315. The van der Waals surface area contributed by atoms with Gasteiger partial charge >= 0.3 is 5.97 Å². The van der Waals surface area contributed by atoms with Gasteiger partial charge in [-0.25, -0.2) is 9.78 Å². The van der Waals surface area contributed by atoms with Crippen LogP contribution in [0.3, 0.4) is 0 Å². The van der Waals surface area contributed by atoms with Gasteiger partial charge in [0.2, 0.25) is 0 Å². The van der Waals surface area contributed by atoms with Crippen LogP contribution in [0.1, 0.15) is 21.9 Å². The van der Waals surface area contributed by atoms with Crippen molar-refractivity contribution in [2.24, 2.45) is 0 Å². The van der Waals surface area contributed by atoms with Crippen molar-refractivity contribution in [3.8, 4) is 0 Å². The molecule has 0 radical (unpaired) electrons. The third-order valence-corrected chi connectivity index (χ3v) is 2.46. The molecule has 2 aromatic heterocycles. The number of hydrogen-bond donors (Lipinski definition) is 4. The Hall–Kier alpha value is -2.08. The van der Waals surface area contributed by atoms with Gasteiger partial charge in [0.1, 0.15) is 5.82 Å². The molecule has 2 aromatic rings. The molecule has 0 unspecified atom stereocenters. The van der Waals surface area contributed by atoms with E-state index >= 15 is 0 Å². The van der Waals surface area contributed by atoms with Gasteiger partial charge in [-0.05, 0) is 6.07 Å². The second-order valence-electron chi connectivity index (χ2n) is 3.64. The van der Waals surface area contributed by atoms with Crippen LogP contribution in [0.2, 0.25) is 0 Å². The number of nitrogens with zero attached hydrogens (tertiary/aromatic N) is 1. The molecule has 17 heavy (non-hydrogen) atoms. The average molecular weight is 234 g/mol. The highest BCUT2D eigenvalue weighted by molar-refractivity contribution is 5.88. The maximum absolute atomic E-state index is 10.8. The summed E-state index contributed by atoms with van der Waals surface area (Å²) in [7, 11) is 0. The highest BCUT2D eigenvalue weighted by Crippen LogP contribution is 2.05. The second kappa shape index (κ2) is 5.31. The Balaban J connectivity index is 1.78.